The zero-order chi connectivity index (χ0) is 19.6. The predicted molar refractivity (Wildman–Crippen MR) is 101 cm³/mol. The number of furan rings is 1. The SMILES string of the molecule is O=C([C@@H]1CN(Cc2nc(-c3ccco3)no2)c2ccccc2O1)N1CCOCC1. The van der Waals surface area contributed by atoms with Crippen LogP contribution in [-0.4, -0.2) is 59.9 Å². The number of para-hydroxylation sites is 2. The van der Waals surface area contributed by atoms with E-state index in [1.165, 1.54) is 0 Å². The summed E-state index contributed by atoms with van der Waals surface area (Å²) >= 11 is 0. The van der Waals surface area contributed by atoms with Crippen molar-refractivity contribution in [3.8, 4) is 17.3 Å². The zero-order valence-electron chi connectivity index (χ0n) is 15.7. The van der Waals surface area contributed by atoms with Gasteiger partial charge in [-0.2, -0.15) is 4.98 Å². The van der Waals surface area contributed by atoms with Gasteiger partial charge in [0.15, 0.2) is 11.9 Å². The van der Waals surface area contributed by atoms with E-state index in [-0.39, 0.29) is 5.91 Å². The van der Waals surface area contributed by atoms with Gasteiger partial charge in [0.25, 0.3) is 5.91 Å². The fraction of sp³-hybridized carbons (Fsp3) is 0.350. The lowest BCUT2D eigenvalue weighted by Crippen LogP contribution is -2.52. The number of morpholine rings is 1. The Kier molecular flexibility index (Phi) is 4.65. The van der Waals surface area contributed by atoms with Crippen LogP contribution in [0.2, 0.25) is 0 Å². The number of hydrogen-bond acceptors (Lipinski definition) is 8. The normalized spacial score (nSPS) is 19.0. The number of nitrogens with zero attached hydrogens (tertiary/aromatic N) is 4. The average Bonchev–Trinajstić information content (AvgIpc) is 3.46. The van der Waals surface area contributed by atoms with Crippen molar-refractivity contribution in [3.63, 3.8) is 0 Å². The summed E-state index contributed by atoms with van der Waals surface area (Å²) in [4.78, 5) is 21.2. The summed E-state index contributed by atoms with van der Waals surface area (Å²) in [6, 6.07) is 11.2. The minimum absolute atomic E-state index is 0.0328. The molecule has 0 saturated carbocycles. The third kappa shape index (κ3) is 3.56. The molecule has 3 aromatic rings. The topological polar surface area (TPSA) is 94.1 Å². The lowest BCUT2D eigenvalue weighted by Gasteiger charge is -2.37. The summed E-state index contributed by atoms with van der Waals surface area (Å²) in [6.07, 6.45) is 0.960. The van der Waals surface area contributed by atoms with Crippen molar-refractivity contribution >= 4 is 11.6 Å². The molecule has 1 saturated heterocycles. The number of anilines is 1. The van der Waals surface area contributed by atoms with Crippen LogP contribution in [0.1, 0.15) is 5.89 Å². The van der Waals surface area contributed by atoms with Gasteiger partial charge in [-0.1, -0.05) is 17.3 Å². The molecule has 1 fully saturated rings. The van der Waals surface area contributed by atoms with E-state index in [1.807, 2.05) is 29.2 Å². The number of carbonyl (C=O) groups is 1. The number of fused-ring (bicyclic) bond motifs is 1. The van der Waals surface area contributed by atoms with Crippen LogP contribution < -0.4 is 9.64 Å². The lowest BCUT2D eigenvalue weighted by molar-refractivity contribution is -0.142. The molecule has 5 rings (SSSR count). The van der Waals surface area contributed by atoms with E-state index in [4.69, 9.17) is 18.4 Å². The van der Waals surface area contributed by atoms with Crippen LogP contribution in [0.3, 0.4) is 0 Å². The molecule has 29 heavy (non-hydrogen) atoms. The first-order valence-electron chi connectivity index (χ1n) is 9.51. The Morgan fingerprint density at radius 2 is 2.00 bits per heavy atom. The van der Waals surface area contributed by atoms with Crippen LogP contribution in [0.5, 0.6) is 5.75 Å². The van der Waals surface area contributed by atoms with E-state index < -0.39 is 6.10 Å². The smallest absolute Gasteiger partial charge is 0.265 e. The maximum Gasteiger partial charge on any atom is 0.265 e. The first-order valence-corrected chi connectivity index (χ1v) is 9.51. The van der Waals surface area contributed by atoms with Gasteiger partial charge in [0.2, 0.25) is 11.7 Å². The van der Waals surface area contributed by atoms with Crippen LogP contribution in [0, 0.1) is 0 Å². The van der Waals surface area contributed by atoms with Gasteiger partial charge >= 0.3 is 0 Å². The van der Waals surface area contributed by atoms with Crippen LogP contribution in [0.4, 0.5) is 5.69 Å². The number of benzene rings is 1. The Hall–Kier alpha value is -3.33. The van der Waals surface area contributed by atoms with E-state index >= 15 is 0 Å². The highest BCUT2D eigenvalue weighted by Crippen LogP contribution is 2.34. The van der Waals surface area contributed by atoms with Gasteiger partial charge in [-0.25, -0.2) is 0 Å². The van der Waals surface area contributed by atoms with Crippen molar-refractivity contribution in [2.75, 3.05) is 37.7 Å². The molecule has 2 aromatic heterocycles. The molecule has 0 unspecified atom stereocenters. The first kappa shape index (κ1) is 17.7. The van der Waals surface area contributed by atoms with Crippen molar-refractivity contribution < 1.29 is 23.2 Å². The van der Waals surface area contributed by atoms with Crippen molar-refractivity contribution in [2.45, 2.75) is 12.6 Å². The molecular formula is C20H20N4O5. The van der Waals surface area contributed by atoms with Crippen molar-refractivity contribution in [1.82, 2.24) is 15.0 Å². The molecule has 1 amide bonds. The molecule has 150 valence electrons. The standard InChI is InChI=1S/C20H20N4O5/c25-20(23-7-10-26-11-8-23)17-12-24(14-4-1-2-5-15(14)28-17)13-18-21-19(22-29-18)16-6-3-9-27-16/h1-6,9,17H,7-8,10-13H2/t17-/m0/s1. The van der Waals surface area contributed by atoms with E-state index in [2.05, 4.69) is 10.1 Å². The van der Waals surface area contributed by atoms with Gasteiger partial charge in [0, 0.05) is 13.1 Å². The number of rotatable bonds is 4. The van der Waals surface area contributed by atoms with Gasteiger partial charge in [-0.15, -0.1) is 0 Å². The zero-order valence-corrected chi connectivity index (χ0v) is 15.7. The van der Waals surface area contributed by atoms with E-state index in [0.717, 1.165) is 5.69 Å². The van der Waals surface area contributed by atoms with Crippen molar-refractivity contribution in [1.29, 1.82) is 0 Å². The summed E-state index contributed by atoms with van der Waals surface area (Å²) in [5, 5.41) is 3.98. The highest BCUT2D eigenvalue weighted by Gasteiger charge is 2.34. The minimum Gasteiger partial charge on any atom is -0.477 e. The molecule has 4 heterocycles. The molecule has 2 aliphatic heterocycles. The van der Waals surface area contributed by atoms with Crippen molar-refractivity contribution in [2.24, 2.45) is 0 Å². The fourth-order valence-electron chi connectivity index (χ4n) is 3.56. The Labute approximate surface area is 166 Å². The molecular weight excluding hydrogens is 376 g/mol. The number of hydrogen-bond donors (Lipinski definition) is 0. The number of ether oxygens (including phenoxy) is 2. The third-order valence-corrected chi connectivity index (χ3v) is 5.00. The van der Waals surface area contributed by atoms with Crippen LogP contribution >= 0.6 is 0 Å². The maximum atomic E-state index is 13.0. The second kappa shape index (κ2) is 7.59. The second-order valence-corrected chi connectivity index (χ2v) is 6.88. The van der Waals surface area contributed by atoms with Crippen LogP contribution in [0.25, 0.3) is 11.6 Å². The molecule has 9 heteroatoms. The minimum atomic E-state index is -0.601. The maximum absolute atomic E-state index is 13.0. The molecule has 0 spiro atoms. The largest absolute Gasteiger partial charge is 0.477 e. The van der Waals surface area contributed by atoms with Gasteiger partial charge < -0.3 is 28.2 Å². The highest BCUT2D eigenvalue weighted by atomic mass is 16.5. The molecule has 0 radical (unpaired) electrons. The number of amides is 1. The Morgan fingerprint density at radius 1 is 1.14 bits per heavy atom. The highest BCUT2D eigenvalue weighted by molar-refractivity contribution is 5.83. The summed E-state index contributed by atoms with van der Waals surface area (Å²) < 4.78 is 22.1. The Bertz CT molecular complexity index is 980. The fourth-order valence-corrected chi connectivity index (χ4v) is 3.56. The van der Waals surface area contributed by atoms with Gasteiger partial charge in [0.1, 0.15) is 5.75 Å². The molecule has 2 aliphatic rings. The molecule has 9 nitrogen and oxygen atoms in total. The molecule has 1 atom stereocenters. The van der Waals surface area contributed by atoms with Crippen LogP contribution in [-0.2, 0) is 16.1 Å². The van der Waals surface area contributed by atoms with Gasteiger partial charge in [-0.3, -0.25) is 4.79 Å². The van der Waals surface area contributed by atoms with E-state index in [1.54, 1.807) is 23.3 Å². The average molecular weight is 396 g/mol. The van der Waals surface area contributed by atoms with Crippen molar-refractivity contribution in [3.05, 3.63) is 48.6 Å². The second-order valence-electron chi connectivity index (χ2n) is 6.88. The number of aromatic nitrogens is 2. The summed E-state index contributed by atoms with van der Waals surface area (Å²) in [5.41, 5.74) is 0.885. The quantitative estimate of drug-likeness (QED) is 0.661. The van der Waals surface area contributed by atoms with Crippen LogP contribution in [0.15, 0.2) is 51.6 Å². The van der Waals surface area contributed by atoms with E-state index in [0.29, 0.717) is 62.6 Å². The number of carbonyl (C=O) groups excluding carboxylic acids is 1. The Morgan fingerprint density at radius 3 is 2.83 bits per heavy atom. The monoisotopic (exact) mass is 396 g/mol. The van der Waals surface area contributed by atoms with Gasteiger partial charge in [-0.05, 0) is 24.3 Å². The summed E-state index contributed by atoms with van der Waals surface area (Å²) in [5.74, 6) is 2.01. The summed E-state index contributed by atoms with van der Waals surface area (Å²) in [6.45, 7) is 3.02. The molecule has 0 N–H and O–H groups in total. The molecule has 1 aromatic carbocycles. The Balaban J connectivity index is 1.37. The molecule has 0 aliphatic carbocycles. The summed E-state index contributed by atoms with van der Waals surface area (Å²) in [7, 11) is 0. The lowest BCUT2D eigenvalue weighted by atomic mass is 10.1. The van der Waals surface area contributed by atoms with E-state index in [9.17, 15) is 4.79 Å². The first-order chi connectivity index (χ1) is 14.3. The molecule has 0 bridgehead atoms. The predicted octanol–water partition coefficient (Wildman–Crippen LogP) is 1.96. The third-order valence-electron chi connectivity index (χ3n) is 5.00. The van der Waals surface area contributed by atoms with Gasteiger partial charge in [0.05, 0.1) is 38.3 Å².